The molecule has 156 valence electrons. The van der Waals surface area contributed by atoms with E-state index < -0.39 is 33.5 Å². The number of carbonyl (C=O) groups is 2. The second kappa shape index (κ2) is 10.6. The summed E-state index contributed by atoms with van der Waals surface area (Å²) >= 11 is 0. The Morgan fingerprint density at radius 1 is 0.931 bits per heavy atom. The zero-order valence-corrected chi connectivity index (χ0v) is 16.3. The maximum atomic E-state index is 13.5. The Morgan fingerprint density at radius 2 is 1.66 bits per heavy atom. The van der Waals surface area contributed by atoms with Gasteiger partial charge in [-0.3, -0.25) is 9.59 Å². The highest BCUT2D eigenvalue weighted by molar-refractivity contribution is 7.89. The molecule has 0 aliphatic rings. The van der Waals surface area contributed by atoms with Gasteiger partial charge in [0.25, 0.3) is 5.91 Å². The summed E-state index contributed by atoms with van der Waals surface area (Å²) in [7, 11) is -3.56. The van der Waals surface area contributed by atoms with Crippen molar-refractivity contribution in [1.82, 2.24) is 15.4 Å². The monoisotopic (exact) mass is 425 g/mol. The van der Waals surface area contributed by atoms with E-state index in [4.69, 9.17) is 0 Å². The van der Waals surface area contributed by atoms with Crippen LogP contribution in [-0.2, 0) is 21.4 Å². The smallest absolute Gasteiger partial charge is 0.254 e. The van der Waals surface area contributed by atoms with Crippen molar-refractivity contribution in [3.8, 4) is 0 Å². The molecule has 29 heavy (non-hydrogen) atoms. The van der Waals surface area contributed by atoms with Gasteiger partial charge in [0, 0.05) is 32.1 Å². The molecule has 0 bridgehead atoms. The number of rotatable bonds is 10. The van der Waals surface area contributed by atoms with E-state index in [1.165, 1.54) is 0 Å². The molecular formula is C19H21F2N3O4S. The van der Waals surface area contributed by atoms with Crippen LogP contribution in [0.2, 0.25) is 0 Å². The highest BCUT2D eigenvalue weighted by Crippen LogP contribution is 2.09. The molecule has 7 nitrogen and oxygen atoms in total. The predicted molar refractivity (Wildman–Crippen MR) is 103 cm³/mol. The lowest BCUT2D eigenvalue weighted by Crippen LogP contribution is -2.36. The number of carbonyl (C=O) groups excluding carboxylic acids is 2. The average Bonchev–Trinajstić information content (AvgIpc) is 2.67. The number of sulfonamides is 1. The largest absolute Gasteiger partial charge is 0.355 e. The number of halogens is 2. The molecule has 10 heteroatoms. The Kier molecular flexibility index (Phi) is 8.22. The molecule has 0 unspecified atom stereocenters. The quantitative estimate of drug-likeness (QED) is 0.534. The molecule has 0 heterocycles. The first-order chi connectivity index (χ1) is 13.8. The lowest BCUT2D eigenvalue weighted by atomic mass is 10.2. The predicted octanol–water partition coefficient (Wildman–Crippen LogP) is 1.32. The van der Waals surface area contributed by atoms with E-state index in [0.717, 1.165) is 17.7 Å². The van der Waals surface area contributed by atoms with Gasteiger partial charge in [-0.25, -0.2) is 21.9 Å². The minimum Gasteiger partial charge on any atom is -0.355 e. The van der Waals surface area contributed by atoms with Crippen LogP contribution in [0.4, 0.5) is 8.78 Å². The van der Waals surface area contributed by atoms with Crippen molar-refractivity contribution in [2.45, 2.75) is 13.0 Å². The summed E-state index contributed by atoms with van der Waals surface area (Å²) < 4.78 is 52.6. The van der Waals surface area contributed by atoms with Crippen molar-refractivity contribution >= 4 is 21.8 Å². The fourth-order valence-corrected chi connectivity index (χ4v) is 3.23. The molecular weight excluding hydrogens is 404 g/mol. The Balaban J connectivity index is 1.65. The molecule has 2 amide bonds. The molecule has 0 aliphatic heterocycles. The van der Waals surface area contributed by atoms with Crippen LogP contribution in [0, 0.1) is 11.6 Å². The van der Waals surface area contributed by atoms with Gasteiger partial charge < -0.3 is 10.6 Å². The molecule has 0 aromatic heterocycles. The summed E-state index contributed by atoms with van der Waals surface area (Å²) in [5.41, 5.74) is 0.482. The molecule has 2 rings (SSSR count). The lowest BCUT2D eigenvalue weighted by molar-refractivity contribution is -0.120. The third kappa shape index (κ3) is 7.96. The highest BCUT2D eigenvalue weighted by atomic mass is 32.2. The number of nitrogens with one attached hydrogen (secondary N) is 3. The van der Waals surface area contributed by atoms with E-state index in [-0.39, 0.29) is 37.4 Å². The molecule has 2 aromatic carbocycles. The molecule has 0 radical (unpaired) electrons. The molecule has 0 spiro atoms. The molecule has 0 fully saturated rings. The van der Waals surface area contributed by atoms with Crippen LogP contribution in [0.25, 0.3) is 0 Å². The van der Waals surface area contributed by atoms with Gasteiger partial charge in [-0.2, -0.15) is 0 Å². The van der Waals surface area contributed by atoms with Crippen molar-refractivity contribution in [2.24, 2.45) is 0 Å². The molecule has 3 N–H and O–H groups in total. The Morgan fingerprint density at radius 3 is 2.34 bits per heavy atom. The van der Waals surface area contributed by atoms with Gasteiger partial charge in [0.1, 0.15) is 11.6 Å². The van der Waals surface area contributed by atoms with Crippen molar-refractivity contribution in [3.05, 3.63) is 71.3 Å². The topological polar surface area (TPSA) is 104 Å². The minimum atomic E-state index is -3.56. The molecule has 0 atom stereocenters. The van der Waals surface area contributed by atoms with Crippen LogP contribution in [0.5, 0.6) is 0 Å². The number of amides is 2. The second-order valence-electron chi connectivity index (χ2n) is 6.11. The van der Waals surface area contributed by atoms with Crippen molar-refractivity contribution in [1.29, 1.82) is 0 Å². The van der Waals surface area contributed by atoms with Crippen molar-refractivity contribution in [2.75, 3.05) is 18.8 Å². The SMILES string of the molecule is O=C(CCNC(=O)c1ccc(F)cc1F)NCCS(=O)(=O)NCc1ccccc1. The normalized spacial score (nSPS) is 11.1. The Hall–Kier alpha value is -2.85. The van der Waals surface area contributed by atoms with Gasteiger partial charge >= 0.3 is 0 Å². The zero-order chi connectivity index (χ0) is 21.3. The van der Waals surface area contributed by atoms with E-state index in [2.05, 4.69) is 15.4 Å². The number of benzene rings is 2. The van der Waals surface area contributed by atoms with Gasteiger partial charge in [-0.05, 0) is 17.7 Å². The highest BCUT2D eigenvalue weighted by Gasteiger charge is 2.13. The summed E-state index contributed by atoms with van der Waals surface area (Å²) in [6.07, 6.45) is -0.119. The Bertz CT molecular complexity index is 953. The molecule has 2 aromatic rings. The fraction of sp³-hybridized carbons (Fsp3) is 0.263. The summed E-state index contributed by atoms with van der Waals surface area (Å²) in [6.45, 7) is -0.0208. The standard InChI is InChI=1S/C19H21F2N3O4S/c20-15-6-7-16(17(21)12-15)19(26)23-9-8-18(25)22-10-11-29(27,28)24-13-14-4-2-1-3-5-14/h1-7,12,24H,8-11,13H2,(H,22,25)(H,23,26). The third-order valence-electron chi connectivity index (χ3n) is 3.85. The van der Waals surface area contributed by atoms with Crippen LogP contribution in [0.15, 0.2) is 48.5 Å². The van der Waals surface area contributed by atoms with Gasteiger partial charge in [0.15, 0.2) is 0 Å². The van der Waals surface area contributed by atoms with Crippen molar-refractivity contribution in [3.63, 3.8) is 0 Å². The van der Waals surface area contributed by atoms with Gasteiger partial charge in [-0.1, -0.05) is 30.3 Å². The summed E-state index contributed by atoms with van der Waals surface area (Å²) in [6, 6.07) is 11.6. The lowest BCUT2D eigenvalue weighted by Gasteiger charge is -2.09. The van der Waals surface area contributed by atoms with Crippen LogP contribution >= 0.6 is 0 Å². The third-order valence-corrected chi connectivity index (χ3v) is 5.17. The van der Waals surface area contributed by atoms with Crippen LogP contribution in [0.1, 0.15) is 22.3 Å². The maximum Gasteiger partial charge on any atom is 0.254 e. The number of hydrogen-bond acceptors (Lipinski definition) is 4. The molecule has 0 saturated heterocycles. The van der Waals surface area contributed by atoms with Crippen LogP contribution in [0.3, 0.4) is 0 Å². The van der Waals surface area contributed by atoms with Gasteiger partial charge in [0.05, 0.1) is 11.3 Å². The first kappa shape index (κ1) is 22.4. The summed E-state index contributed by atoms with van der Waals surface area (Å²) in [5.74, 6) is -3.34. The van der Waals surface area contributed by atoms with E-state index in [9.17, 15) is 26.8 Å². The zero-order valence-electron chi connectivity index (χ0n) is 15.5. The maximum absolute atomic E-state index is 13.5. The first-order valence-corrected chi connectivity index (χ1v) is 10.4. The molecule has 0 saturated carbocycles. The van der Waals surface area contributed by atoms with Crippen molar-refractivity contribution < 1.29 is 26.8 Å². The van der Waals surface area contributed by atoms with Crippen LogP contribution in [-0.4, -0.2) is 39.1 Å². The van der Waals surface area contributed by atoms with Crippen LogP contribution < -0.4 is 15.4 Å². The Labute approximate surface area is 167 Å². The van der Waals surface area contributed by atoms with Gasteiger partial charge in [0.2, 0.25) is 15.9 Å². The minimum absolute atomic E-state index is 0.0828. The van der Waals surface area contributed by atoms with E-state index in [0.29, 0.717) is 6.07 Å². The van der Waals surface area contributed by atoms with E-state index >= 15 is 0 Å². The van der Waals surface area contributed by atoms with E-state index in [1.54, 1.807) is 24.3 Å². The fourth-order valence-electron chi connectivity index (χ4n) is 2.33. The van der Waals surface area contributed by atoms with E-state index in [1.807, 2.05) is 6.07 Å². The second-order valence-corrected chi connectivity index (χ2v) is 8.03. The molecule has 0 aliphatic carbocycles. The first-order valence-electron chi connectivity index (χ1n) is 8.78. The summed E-state index contributed by atoms with van der Waals surface area (Å²) in [4.78, 5) is 23.5. The number of hydrogen-bond donors (Lipinski definition) is 3. The summed E-state index contributed by atoms with van der Waals surface area (Å²) in [5, 5.41) is 4.78. The average molecular weight is 425 g/mol. The van der Waals surface area contributed by atoms with Gasteiger partial charge in [-0.15, -0.1) is 0 Å².